The van der Waals surface area contributed by atoms with Crippen molar-refractivity contribution in [1.29, 1.82) is 0 Å². The van der Waals surface area contributed by atoms with Crippen LogP contribution in [0.25, 0.3) is 22.2 Å². The van der Waals surface area contributed by atoms with Crippen LogP contribution in [0.1, 0.15) is 51.1 Å². The molecule has 0 spiro atoms. The van der Waals surface area contributed by atoms with E-state index in [0.717, 1.165) is 34.8 Å². The van der Waals surface area contributed by atoms with E-state index >= 15 is 0 Å². The lowest BCUT2D eigenvalue weighted by Gasteiger charge is -2.42. The molecule has 2 aromatic carbocycles. The van der Waals surface area contributed by atoms with Crippen LogP contribution in [0.15, 0.2) is 67.0 Å². The lowest BCUT2D eigenvalue weighted by atomic mass is 9.97. The minimum atomic E-state index is 0.501. The number of rotatable bonds is 7. The minimum Gasteiger partial charge on any atom is -0.343 e. The highest BCUT2D eigenvalue weighted by Crippen LogP contribution is 2.30. The summed E-state index contributed by atoms with van der Waals surface area (Å²) in [5.41, 5.74) is 4.59. The predicted octanol–water partition coefficient (Wildman–Crippen LogP) is 6.96. The molecule has 0 saturated carbocycles. The zero-order chi connectivity index (χ0) is 26.1. The van der Waals surface area contributed by atoms with Gasteiger partial charge in [0.1, 0.15) is 0 Å². The van der Waals surface area contributed by atoms with E-state index in [0.29, 0.717) is 6.04 Å². The van der Waals surface area contributed by atoms with Crippen LogP contribution in [0, 0.1) is 5.92 Å². The second kappa shape index (κ2) is 11.3. The van der Waals surface area contributed by atoms with Crippen LogP contribution < -0.4 is 0 Å². The van der Waals surface area contributed by atoms with Crippen LogP contribution in [0.2, 0.25) is 5.02 Å². The largest absolute Gasteiger partial charge is 0.343 e. The van der Waals surface area contributed by atoms with Crippen LogP contribution in [-0.4, -0.2) is 62.9 Å². The summed E-state index contributed by atoms with van der Waals surface area (Å²) in [4.78, 5) is 5.42. The summed E-state index contributed by atoms with van der Waals surface area (Å²) in [6, 6.07) is 20.4. The van der Waals surface area contributed by atoms with Gasteiger partial charge in [-0.2, -0.15) is 5.10 Å². The Hall–Kier alpha value is -2.60. The molecule has 6 rings (SSSR count). The van der Waals surface area contributed by atoms with Crippen LogP contribution in [0.4, 0.5) is 0 Å². The molecule has 5 nitrogen and oxygen atoms in total. The van der Waals surface area contributed by atoms with Gasteiger partial charge in [0.15, 0.2) is 0 Å². The number of halogens is 1. The summed E-state index contributed by atoms with van der Waals surface area (Å²) in [6.45, 7) is 11.6. The summed E-state index contributed by atoms with van der Waals surface area (Å²) in [6.07, 6.45) is 9.37. The average Bonchev–Trinajstić information content (AvgIpc) is 3.58. The molecule has 0 unspecified atom stereocenters. The fourth-order valence-electron chi connectivity index (χ4n) is 6.50. The fraction of sp³-hybridized carbons (Fsp3) is 0.469. The molecule has 0 atom stereocenters. The summed E-state index contributed by atoms with van der Waals surface area (Å²) in [7, 11) is 0. The molecule has 2 aromatic heterocycles. The van der Waals surface area contributed by atoms with E-state index in [1.165, 1.54) is 74.9 Å². The van der Waals surface area contributed by atoms with Gasteiger partial charge in [0.25, 0.3) is 0 Å². The number of piperidine rings is 2. The van der Waals surface area contributed by atoms with Crippen molar-refractivity contribution in [2.45, 2.75) is 58.2 Å². The Balaban J connectivity index is 1.07. The number of fused-ring (bicyclic) bond motifs is 1. The van der Waals surface area contributed by atoms with Crippen molar-refractivity contribution in [3.63, 3.8) is 0 Å². The third-order valence-corrected chi connectivity index (χ3v) is 8.91. The second-order valence-corrected chi connectivity index (χ2v) is 12.1. The van der Waals surface area contributed by atoms with Crippen LogP contribution >= 0.6 is 11.6 Å². The molecule has 0 bridgehead atoms. The maximum absolute atomic E-state index is 6.40. The summed E-state index contributed by atoms with van der Waals surface area (Å²) in [5, 5.41) is 7.09. The Morgan fingerprint density at radius 1 is 0.868 bits per heavy atom. The van der Waals surface area contributed by atoms with Crippen molar-refractivity contribution in [1.82, 2.24) is 24.1 Å². The van der Waals surface area contributed by atoms with Gasteiger partial charge in [-0.05, 0) is 80.6 Å². The maximum atomic E-state index is 6.40. The number of likely N-dealkylation sites (tertiary alicyclic amines) is 2. The molecule has 2 fully saturated rings. The lowest BCUT2D eigenvalue weighted by Crippen LogP contribution is -2.48. The SMILES string of the molecule is CC(C)CN1CCC(N2CCC(n3ccc(-c4ccc5c(ccn5Cc5ccccc5Cl)c4)n3)CC2)CC1. The van der Waals surface area contributed by atoms with Crippen molar-refractivity contribution in [3.05, 3.63) is 77.6 Å². The number of hydrogen-bond acceptors (Lipinski definition) is 3. The first kappa shape index (κ1) is 25.7. The number of aromatic nitrogens is 3. The molecule has 4 heterocycles. The molecule has 4 aromatic rings. The maximum Gasteiger partial charge on any atom is 0.0923 e. The van der Waals surface area contributed by atoms with E-state index in [-0.39, 0.29) is 0 Å². The first-order chi connectivity index (χ1) is 18.5. The van der Waals surface area contributed by atoms with Gasteiger partial charge in [0.05, 0.1) is 11.7 Å². The molecule has 0 aliphatic carbocycles. The Kier molecular flexibility index (Phi) is 7.60. The van der Waals surface area contributed by atoms with Crippen molar-refractivity contribution in [2.75, 3.05) is 32.7 Å². The summed E-state index contributed by atoms with van der Waals surface area (Å²) < 4.78 is 4.49. The zero-order valence-electron chi connectivity index (χ0n) is 22.8. The molecule has 2 saturated heterocycles. The first-order valence-corrected chi connectivity index (χ1v) is 14.8. The fourth-order valence-corrected chi connectivity index (χ4v) is 6.70. The highest BCUT2D eigenvalue weighted by molar-refractivity contribution is 6.31. The van der Waals surface area contributed by atoms with E-state index in [1.54, 1.807) is 0 Å². The highest BCUT2D eigenvalue weighted by atomic mass is 35.5. The zero-order valence-corrected chi connectivity index (χ0v) is 23.5. The van der Waals surface area contributed by atoms with E-state index in [9.17, 15) is 0 Å². The normalized spacial score (nSPS) is 18.6. The Bertz CT molecular complexity index is 1360. The molecule has 38 heavy (non-hydrogen) atoms. The third-order valence-electron chi connectivity index (χ3n) is 8.54. The predicted molar refractivity (Wildman–Crippen MR) is 158 cm³/mol. The van der Waals surface area contributed by atoms with Crippen LogP contribution in [0.3, 0.4) is 0 Å². The molecule has 0 radical (unpaired) electrons. The number of nitrogens with zero attached hydrogens (tertiary/aromatic N) is 5. The summed E-state index contributed by atoms with van der Waals surface area (Å²) in [5.74, 6) is 0.767. The van der Waals surface area contributed by atoms with Crippen molar-refractivity contribution in [3.8, 4) is 11.3 Å². The van der Waals surface area contributed by atoms with Crippen LogP contribution in [0.5, 0.6) is 0 Å². The van der Waals surface area contributed by atoms with Gasteiger partial charge >= 0.3 is 0 Å². The standard InChI is InChI=1S/C32H40ClN5/c1-24(2)22-35-15-10-28(11-16-35)36-18-12-29(13-19-36)38-20-14-31(34-38)25-7-8-32-26(21-25)9-17-37(32)23-27-5-3-4-6-30(27)33/h3-9,14,17,20-21,24,28-29H,10-13,15-16,18-19,22-23H2,1-2H3. The number of benzene rings is 2. The average molecular weight is 530 g/mol. The quantitative estimate of drug-likeness (QED) is 0.259. The molecular formula is C32H40ClN5. The Labute approximate surface area is 232 Å². The van der Waals surface area contributed by atoms with E-state index in [2.05, 4.69) is 81.7 Å². The van der Waals surface area contributed by atoms with Gasteiger partial charge in [-0.3, -0.25) is 4.68 Å². The van der Waals surface area contributed by atoms with Crippen molar-refractivity contribution in [2.24, 2.45) is 5.92 Å². The minimum absolute atomic E-state index is 0.501. The van der Waals surface area contributed by atoms with E-state index in [1.807, 2.05) is 18.2 Å². The topological polar surface area (TPSA) is 29.2 Å². The Morgan fingerprint density at radius 3 is 2.39 bits per heavy atom. The molecule has 0 amide bonds. The van der Waals surface area contributed by atoms with E-state index < -0.39 is 0 Å². The van der Waals surface area contributed by atoms with Gasteiger partial charge in [-0.1, -0.05) is 49.7 Å². The smallest absolute Gasteiger partial charge is 0.0923 e. The van der Waals surface area contributed by atoms with Crippen molar-refractivity contribution < 1.29 is 0 Å². The molecular weight excluding hydrogens is 490 g/mol. The van der Waals surface area contributed by atoms with Crippen LogP contribution in [-0.2, 0) is 6.54 Å². The molecule has 6 heteroatoms. The molecule has 2 aliphatic heterocycles. The van der Waals surface area contributed by atoms with Gasteiger partial charge < -0.3 is 14.4 Å². The second-order valence-electron chi connectivity index (χ2n) is 11.7. The Morgan fingerprint density at radius 2 is 1.63 bits per heavy atom. The van der Waals surface area contributed by atoms with Gasteiger partial charge in [-0.25, -0.2) is 0 Å². The molecule has 2 aliphatic rings. The lowest BCUT2D eigenvalue weighted by molar-refractivity contribution is 0.0737. The first-order valence-electron chi connectivity index (χ1n) is 14.4. The van der Waals surface area contributed by atoms with Gasteiger partial charge in [0, 0.05) is 66.1 Å². The highest BCUT2D eigenvalue weighted by Gasteiger charge is 2.29. The molecule has 0 N–H and O–H groups in total. The third kappa shape index (κ3) is 5.56. The summed E-state index contributed by atoms with van der Waals surface area (Å²) >= 11 is 6.40. The van der Waals surface area contributed by atoms with Gasteiger partial charge in [0.2, 0.25) is 0 Å². The number of hydrogen-bond donors (Lipinski definition) is 0. The van der Waals surface area contributed by atoms with Gasteiger partial charge in [-0.15, -0.1) is 0 Å². The van der Waals surface area contributed by atoms with Crippen molar-refractivity contribution >= 4 is 22.5 Å². The monoisotopic (exact) mass is 529 g/mol. The molecule has 200 valence electrons. The van der Waals surface area contributed by atoms with E-state index in [4.69, 9.17) is 16.7 Å².